The number of fused-ring (bicyclic) bond motifs is 2. The van der Waals surface area contributed by atoms with E-state index in [0.717, 1.165) is 42.2 Å². The Hall–Kier alpha value is -3.75. The molecule has 2 unspecified atom stereocenters. The van der Waals surface area contributed by atoms with Gasteiger partial charge in [-0.05, 0) is 67.5 Å². The van der Waals surface area contributed by atoms with Crippen molar-refractivity contribution >= 4 is 11.8 Å². The van der Waals surface area contributed by atoms with Crippen molar-refractivity contribution in [2.75, 3.05) is 25.3 Å². The van der Waals surface area contributed by atoms with Gasteiger partial charge in [-0.2, -0.15) is 5.10 Å². The number of hydrogen-bond donors (Lipinski definition) is 2. The van der Waals surface area contributed by atoms with Crippen LogP contribution in [0.1, 0.15) is 53.8 Å². The van der Waals surface area contributed by atoms with Crippen LogP contribution in [0.4, 0.5) is 5.82 Å². The first-order valence-electron chi connectivity index (χ1n) is 12.9. The molecular formula is C28H34N4O5. The van der Waals surface area contributed by atoms with E-state index in [-0.39, 0.29) is 12.7 Å². The first-order chi connectivity index (χ1) is 17.9. The van der Waals surface area contributed by atoms with Crippen molar-refractivity contribution in [1.29, 1.82) is 0 Å². The number of carboxylic acid groups (broad SMARTS) is 1. The Kier molecular flexibility index (Phi) is 7.21. The predicted molar refractivity (Wildman–Crippen MR) is 139 cm³/mol. The number of rotatable bonds is 10. The zero-order valence-electron chi connectivity index (χ0n) is 21.6. The number of anilines is 1. The zero-order chi connectivity index (χ0) is 25.9. The van der Waals surface area contributed by atoms with Crippen molar-refractivity contribution in [3.05, 3.63) is 58.4 Å². The van der Waals surface area contributed by atoms with Crippen LogP contribution in [0.25, 0.3) is 0 Å². The van der Waals surface area contributed by atoms with Gasteiger partial charge in [0, 0.05) is 37.7 Å². The highest BCUT2D eigenvalue weighted by Crippen LogP contribution is 2.39. The number of aliphatic carboxylic acids is 1. The molecule has 2 aliphatic rings. The molecule has 5 rings (SSSR count). The molecule has 4 heterocycles. The van der Waals surface area contributed by atoms with Crippen LogP contribution in [0, 0.1) is 12.8 Å². The second kappa shape index (κ2) is 10.7. The van der Waals surface area contributed by atoms with Gasteiger partial charge >= 0.3 is 5.97 Å². The molecule has 1 aromatic carbocycles. The lowest BCUT2D eigenvalue weighted by Gasteiger charge is -2.23. The Morgan fingerprint density at radius 1 is 1.22 bits per heavy atom. The number of nitrogens with one attached hydrogen (secondary N) is 1. The van der Waals surface area contributed by atoms with Gasteiger partial charge in [0.05, 0.1) is 18.2 Å². The maximum atomic E-state index is 12.1. The molecule has 196 valence electrons. The third-order valence-corrected chi connectivity index (χ3v) is 7.29. The summed E-state index contributed by atoms with van der Waals surface area (Å²) in [5.74, 6) is 1.33. The molecule has 0 aliphatic carbocycles. The summed E-state index contributed by atoms with van der Waals surface area (Å²) in [4.78, 5) is 16.9. The van der Waals surface area contributed by atoms with Crippen LogP contribution in [0.2, 0.25) is 0 Å². The van der Waals surface area contributed by atoms with Crippen LogP contribution >= 0.6 is 0 Å². The summed E-state index contributed by atoms with van der Waals surface area (Å²) in [6.45, 7) is 5.66. The lowest BCUT2D eigenvalue weighted by Crippen LogP contribution is -2.23. The first kappa shape index (κ1) is 24.9. The van der Waals surface area contributed by atoms with Crippen molar-refractivity contribution in [2.24, 2.45) is 13.0 Å². The van der Waals surface area contributed by atoms with E-state index >= 15 is 0 Å². The number of aryl methyl sites for hydroxylation is 2. The van der Waals surface area contributed by atoms with Crippen molar-refractivity contribution in [1.82, 2.24) is 14.8 Å². The summed E-state index contributed by atoms with van der Waals surface area (Å²) in [5.41, 5.74) is 5.27. The summed E-state index contributed by atoms with van der Waals surface area (Å²) in [6, 6.07) is 9.71. The van der Waals surface area contributed by atoms with E-state index in [1.54, 1.807) is 4.68 Å². The van der Waals surface area contributed by atoms with Gasteiger partial charge in [0.15, 0.2) is 11.5 Å². The van der Waals surface area contributed by atoms with Gasteiger partial charge in [-0.1, -0.05) is 13.0 Å². The second-order valence-electron chi connectivity index (χ2n) is 9.76. The Balaban J connectivity index is 1.29. The molecule has 2 aliphatic heterocycles. The Morgan fingerprint density at radius 2 is 2.05 bits per heavy atom. The molecule has 2 atom stereocenters. The number of benzene rings is 1. The molecule has 2 N–H and O–H groups in total. The van der Waals surface area contributed by atoms with E-state index in [4.69, 9.17) is 19.2 Å². The van der Waals surface area contributed by atoms with Crippen molar-refractivity contribution < 1.29 is 24.1 Å². The van der Waals surface area contributed by atoms with Crippen LogP contribution in [0.15, 0.2) is 30.3 Å². The summed E-state index contributed by atoms with van der Waals surface area (Å²) >= 11 is 0. The smallest absolute Gasteiger partial charge is 0.307 e. The second-order valence-corrected chi connectivity index (χ2v) is 9.76. The molecule has 9 heteroatoms. The fraction of sp³-hybridized carbons (Fsp3) is 0.464. The lowest BCUT2D eigenvalue weighted by atomic mass is 9.81. The molecule has 0 radical (unpaired) electrons. The lowest BCUT2D eigenvalue weighted by molar-refractivity contribution is -0.142. The Bertz CT molecular complexity index is 1290. The molecule has 0 spiro atoms. The molecule has 0 amide bonds. The number of carboxylic acids is 1. The van der Waals surface area contributed by atoms with Gasteiger partial charge in [-0.3, -0.25) is 4.79 Å². The SMILES string of the molecule is CCC(C(=O)O)C(Cc1cc(OCCc2cc(C)c3c(n2)NCCC3)n(C)n1)c1ccc2c(c1)OCO2. The van der Waals surface area contributed by atoms with E-state index in [1.165, 1.54) is 11.1 Å². The highest BCUT2D eigenvalue weighted by molar-refractivity contribution is 5.71. The highest BCUT2D eigenvalue weighted by atomic mass is 16.7. The van der Waals surface area contributed by atoms with Gasteiger partial charge in [-0.15, -0.1) is 0 Å². The number of hydrogen-bond acceptors (Lipinski definition) is 7. The standard InChI is InChI=1S/C28H34N4O5/c1-4-21(28(33)34)23(18-7-8-24-25(13-18)37-16-36-24)14-20-15-26(32(3)31-20)35-11-9-19-12-17(2)22-6-5-10-29-27(22)30-19/h7-8,12-13,15,21,23H,4-6,9-11,14,16H2,1-3H3,(H,29,30)(H,33,34). The third kappa shape index (κ3) is 5.35. The van der Waals surface area contributed by atoms with Gasteiger partial charge in [0.1, 0.15) is 5.82 Å². The van der Waals surface area contributed by atoms with Crippen molar-refractivity contribution in [3.8, 4) is 17.4 Å². The molecule has 9 nitrogen and oxygen atoms in total. The van der Waals surface area contributed by atoms with Crippen LogP contribution in [-0.2, 0) is 31.1 Å². The maximum absolute atomic E-state index is 12.1. The average molecular weight is 507 g/mol. The topological polar surface area (TPSA) is 108 Å². The monoisotopic (exact) mass is 506 g/mol. The van der Waals surface area contributed by atoms with Gasteiger partial charge < -0.3 is 24.6 Å². The number of pyridine rings is 1. The average Bonchev–Trinajstić information content (AvgIpc) is 3.49. The molecule has 37 heavy (non-hydrogen) atoms. The zero-order valence-corrected chi connectivity index (χ0v) is 21.6. The van der Waals surface area contributed by atoms with E-state index in [0.29, 0.717) is 43.2 Å². The minimum absolute atomic E-state index is 0.178. The third-order valence-electron chi connectivity index (χ3n) is 7.29. The van der Waals surface area contributed by atoms with Crippen molar-refractivity contribution in [2.45, 2.75) is 51.9 Å². The molecule has 0 saturated carbocycles. The highest BCUT2D eigenvalue weighted by Gasteiger charge is 2.30. The number of nitrogens with zero attached hydrogens (tertiary/aromatic N) is 3. The van der Waals surface area contributed by atoms with Crippen LogP contribution in [0.3, 0.4) is 0 Å². The fourth-order valence-electron chi connectivity index (χ4n) is 5.32. The van der Waals surface area contributed by atoms with Gasteiger partial charge in [-0.25, -0.2) is 9.67 Å². The minimum Gasteiger partial charge on any atom is -0.481 e. The molecule has 0 fully saturated rings. The maximum Gasteiger partial charge on any atom is 0.307 e. The predicted octanol–water partition coefficient (Wildman–Crippen LogP) is 4.27. The fourth-order valence-corrected chi connectivity index (χ4v) is 5.32. The number of ether oxygens (including phenoxy) is 3. The Morgan fingerprint density at radius 3 is 2.86 bits per heavy atom. The van der Waals surface area contributed by atoms with Crippen LogP contribution in [0.5, 0.6) is 17.4 Å². The van der Waals surface area contributed by atoms with Crippen molar-refractivity contribution in [3.63, 3.8) is 0 Å². The number of carbonyl (C=O) groups is 1. The largest absolute Gasteiger partial charge is 0.481 e. The first-order valence-corrected chi connectivity index (χ1v) is 12.9. The summed E-state index contributed by atoms with van der Waals surface area (Å²) in [5, 5.41) is 18.0. The van der Waals surface area contributed by atoms with Crippen LogP contribution in [-0.4, -0.2) is 45.8 Å². The van der Waals surface area contributed by atoms with Gasteiger partial charge in [0.25, 0.3) is 0 Å². The van der Waals surface area contributed by atoms with E-state index in [9.17, 15) is 9.90 Å². The summed E-state index contributed by atoms with van der Waals surface area (Å²) in [7, 11) is 1.84. The molecule has 3 aromatic rings. The molecule has 0 bridgehead atoms. The molecular weight excluding hydrogens is 472 g/mol. The summed E-state index contributed by atoms with van der Waals surface area (Å²) in [6.07, 6.45) is 3.88. The normalized spacial score (nSPS) is 15.5. The van der Waals surface area contributed by atoms with E-state index in [1.807, 2.05) is 38.2 Å². The van der Waals surface area contributed by atoms with Gasteiger partial charge in [0.2, 0.25) is 12.7 Å². The quantitative estimate of drug-likeness (QED) is 0.420. The number of aromatic nitrogens is 3. The summed E-state index contributed by atoms with van der Waals surface area (Å²) < 4.78 is 18.7. The van der Waals surface area contributed by atoms with Crippen LogP contribution < -0.4 is 19.5 Å². The molecule has 0 saturated heterocycles. The van der Waals surface area contributed by atoms with E-state index in [2.05, 4.69) is 23.4 Å². The van der Waals surface area contributed by atoms with E-state index < -0.39 is 11.9 Å². The molecule has 2 aromatic heterocycles. The Labute approximate surface area is 216 Å². The minimum atomic E-state index is -0.820.